The van der Waals surface area contributed by atoms with Gasteiger partial charge in [-0.25, -0.2) is 0 Å². The minimum atomic E-state index is -0.218. The minimum Gasteiger partial charge on any atom is -0.851 e. The van der Waals surface area contributed by atoms with Gasteiger partial charge in [0.2, 0.25) is 0 Å². The predicted octanol–water partition coefficient (Wildman–Crippen LogP) is -2.44. The fraction of sp³-hybridized carbons (Fsp3) is 0.250. The molecule has 2 nitrogen and oxygen atoms in total. The molecule has 0 fully saturated rings. The van der Waals surface area contributed by atoms with Crippen LogP contribution in [0.15, 0.2) is 24.3 Å². The van der Waals surface area contributed by atoms with Crippen LogP contribution in [0.4, 0.5) is 0 Å². The summed E-state index contributed by atoms with van der Waals surface area (Å²) in [6.45, 7) is -0.218. The molecule has 11 heavy (non-hydrogen) atoms. The van der Waals surface area contributed by atoms with E-state index in [-0.39, 0.29) is 58.0 Å². The molecule has 0 radical (unpaired) electrons. The molecule has 0 unspecified atom stereocenters. The first-order valence-electron chi connectivity index (χ1n) is 3.08. The van der Waals surface area contributed by atoms with Crippen molar-refractivity contribution in [3.05, 3.63) is 29.8 Å². The first kappa shape index (κ1) is 11.6. The molecule has 0 aliphatic carbocycles. The monoisotopic (exact) mass is 176 g/mol. The topological polar surface area (TPSA) is 32.3 Å². The Kier molecular flexibility index (Phi) is 6.51. The van der Waals surface area contributed by atoms with Gasteiger partial charge in [-0.2, -0.15) is 0 Å². The van der Waals surface area contributed by atoms with Crippen LogP contribution < -0.4 is 61.2 Å². The van der Waals surface area contributed by atoms with E-state index in [4.69, 9.17) is 4.74 Å². The maximum Gasteiger partial charge on any atom is 1.00 e. The van der Waals surface area contributed by atoms with Gasteiger partial charge in [-0.3, -0.25) is 0 Å². The van der Waals surface area contributed by atoms with Crippen LogP contribution in [0.5, 0.6) is 5.75 Å². The van der Waals surface area contributed by atoms with Gasteiger partial charge < -0.3 is 9.84 Å². The van der Waals surface area contributed by atoms with Crippen LogP contribution in [-0.2, 0) is 6.61 Å². The molecule has 0 N–H and O–H groups in total. The molecule has 0 saturated carbocycles. The summed E-state index contributed by atoms with van der Waals surface area (Å²) in [5, 5.41) is 10.4. The summed E-state index contributed by atoms with van der Waals surface area (Å²) in [4.78, 5) is 0. The normalized spacial score (nSPS) is 8.55. The van der Waals surface area contributed by atoms with Gasteiger partial charge >= 0.3 is 51.4 Å². The Bertz CT molecular complexity index is 190. The molecule has 0 heterocycles. The molecule has 0 amide bonds. The van der Waals surface area contributed by atoms with E-state index in [0.717, 1.165) is 0 Å². The first-order valence-corrected chi connectivity index (χ1v) is 3.08. The van der Waals surface area contributed by atoms with Gasteiger partial charge in [0.15, 0.2) is 0 Å². The summed E-state index contributed by atoms with van der Waals surface area (Å²) in [6, 6.07) is 7.23. The Morgan fingerprint density at radius 1 is 1.36 bits per heavy atom. The Hall–Kier alpha value is 0.616. The molecule has 54 valence electrons. The van der Waals surface area contributed by atoms with Crippen LogP contribution in [0.3, 0.4) is 0 Å². The molecule has 1 rings (SSSR count). The van der Waals surface area contributed by atoms with Crippen LogP contribution in [0.1, 0.15) is 5.56 Å². The van der Waals surface area contributed by atoms with Gasteiger partial charge in [-0.05, 0) is 11.6 Å². The van der Waals surface area contributed by atoms with Crippen LogP contribution >= 0.6 is 0 Å². The maximum absolute atomic E-state index is 10.4. The molecular weight excluding hydrogens is 167 g/mol. The van der Waals surface area contributed by atoms with Crippen LogP contribution in [0.2, 0.25) is 0 Å². The van der Waals surface area contributed by atoms with E-state index in [9.17, 15) is 5.11 Å². The number of methoxy groups -OCH3 is 1. The molecule has 0 aromatic heterocycles. The van der Waals surface area contributed by atoms with Gasteiger partial charge in [0.05, 0.1) is 7.11 Å². The Morgan fingerprint density at radius 2 is 2.00 bits per heavy atom. The molecule has 3 heteroatoms. The van der Waals surface area contributed by atoms with E-state index < -0.39 is 0 Å². The van der Waals surface area contributed by atoms with Crippen LogP contribution in [0.25, 0.3) is 0 Å². The van der Waals surface area contributed by atoms with Gasteiger partial charge in [0.25, 0.3) is 0 Å². The van der Waals surface area contributed by atoms with E-state index in [0.29, 0.717) is 11.3 Å². The molecule has 0 spiro atoms. The van der Waals surface area contributed by atoms with Crippen molar-refractivity contribution in [3.8, 4) is 5.75 Å². The molecule has 1 aromatic rings. The van der Waals surface area contributed by atoms with Crippen molar-refractivity contribution in [1.29, 1.82) is 0 Å². The van der Waals surface area contributed by atoms with E-state index in [1.54, 1.807) is 19.2 Å². The van der Waals surface area contributed by atoms with Crippen molar-refractivity contribution in [1.82, 2.24) is 0 Å². The number of rotatable bonds is 2. The Labute approximate surface area is 109 Å². The molecule has 0 aliphatic rings. The number of hydrogen-bond donors (Lipinski definition) is 0. The SMILES string of the molecule is COc1ccccc1C[O-].[K+]. The van der Waals surface area contributed by atoms with Gasteiger partial charge in [-0.1, -0.05) is 18.2 Å². The summed E-state index contributed by atoms with van der Waals surface area (Å²) in [6.07, 6.45) is 0. The number of benzene rings is 1. The largest absolute Gasteiger partial charge is 1.00 e. The quantitative estimate of drug-likeness (QED) is 0.469. The van der Waals surface area contributed by atoms with Crippen molar-refractivity contribution in [2.24, 2.45) is 0 Å². The van der Waals surface area contributed by atoms with Crippen molar-refractivity contribution in [3.63, 3.8) is 0 Å². The third-order valence-electron chi connectivity index (χ3n) is 1.35. The molecule has 0 saturated heterocycles. The summed E-state index contributed by atoms with van der Waals surface area (Å²) in [5.74, 6) is 0.678. The number of ether oxygens (including phenoxy) is 1. The van der Waals surface area contributed by atoms with Gasteiger partial charge in [0, 0.05) is 0 Å². The minimum absolute atomic E-state index is 0. The average molecular weight is 176 g/mol. The predicted molar refractivity (Wildman–Crippen MR) is 36.7 cm³/mol. The summed E-state index contributed by atoms with van der Waals surface area (Å²) >= 11 is 0. The first-order chi connectivity index (χ1) is 4.88. The summed E-state index contributed by atoms with van der Waals surface area (Å²) in [5.41, 5.74) is 0.713. The Balaban J connectivity index is 0.000001000. The van der Waals surface area contributed by atoms with Crippen molar-refractivity contribution >= 4 is 0 Å². The standard InChI is InChI=1S/C8H9O2.K/c1-10-8-5-3-2-4-7(8)6-9;/h2-5H,6H2,1H3;/q-1;+1. The second-order valence-corrected chi connectivity index (χ2v) is 1.96. The fourth-order valence-corrected chi connectivity index (χ4v) is 0.822. The molecular formula is C8H9KO2. The van der Waals surface area contributed by atoms with Crippen molar-refractivity contribution in [2.45, 2.75) is 6.61 Å². The Morgan fingerprint density at radius 3 is 2.45 bits per heavy atom. The average Bonchev–Trinajstić information content (AvgIpc) is 2.04. The zero-order valence-electron chi connectivity index (χ0n) is 6.83. The van der Waals surface area contributed by atoms with E-state index >= 15 is 0 Å². The molecule has 0 aliphatic heterocycles. The molecule has 1 aromatic carbocycles. The summed E-state index contributed by atoms with van der Waals surface area (Å²) in [7, 11) is 1.56. The maximum atomic E-state index is 10.4. The number of para-hydroxylation sites is 1. The van der Waals surface area contributed by atoms with Crippen molar-refractivity contribution < 1.29 is 61.2 Å². The summed E-state index contributed by atoms with van der Waals surface area (Å²) < 4.78 is 4.94. The van der Waals surface area contributed by atoms with Gasteiger partial charge in [0.1, 0.15) is 5.75 Å². The second-order valence-electron chi connectivity index (χ2n) is 1.96. The molecule has 0 atom stereocenters. The third-order valence-corrected chi connectivity index (χ3v) is 1.35. The zero-order valence-corrected chi connectivity index (χ0v) is 9.96. The fourth-order valence-electron chi connectivity index (χ4n) is 0.822. The van der Waals surface area contributed by atoms with E-state index in [2.05, 4.69) is 0 Å². The van der Waals surface area contributed by atoms with E-state index in [1.165, 1.54) is 0 Å². The smallest absolute Gasteiger partial charge is 0.851 e. The zero-order chi connectivity index (χ0) is 7.40. The number of hydrogen-bond acceptors (Lipinski definition) is 2. The molecule has 0 bridgehead atoms. The van der Waals surface area contributed by atoms with Gasteiger partial charge in [-0.15, -0.1) is 6.61 Å². The van der Waals surface area contributed by atoms with Crippen molar-refractivity contribution in [2.75, 3.05) is 7.11 Å². The third kappa shape index (κ3) is 3.23. The second kappa shape index (κ2) is 6.17. The van der Waals surface area contributed by atoms with E-state index in [1.807, 2.05) is 12.1 Å². The van der Waals surface area contributed by atoms with Crippen LogP contribution in [-0.4, -0.2) is 7.11 Å². The van der Waals surface area contributed by atoms with Crippen LogP contribution in [0, 0.1) is 0 Å².